The Morgan fingerprint density at radius 1 is 1.24 bits per heavy atom. The molecule has 174 valence electrons. The Morgan fingerprint density at radius 2 is 2.09 bits per heavy atom. The van der Waals surface area contributed by atoms with Crippen LogP contribution in [0.3, 0.4) is 0 Å². The van der Waals surface area contributed by atoms with Crippen molar-refractivity contribution in [3.05, 3.63) is 53.2 Å². The van der Waals surface area contributed by atoms with Gasteiger partial charge in [-0.15, -0.1) is 11.3 Å². The standard InChI is InChI=1S/C24H29N5O3S/c1-16(2)13-25-24(31)18-8-3-4-9-19(18)26-23(30)17-7-5-11-29(14-17)15-21-27-22(28-32-21)20-10-6-12-33-20/h3-4,6,8-10,12,16-17H,5,7,11,13-15H2,1-2H3,(H,25,31)(H,26,30). The largest absolute Gasteiger partial charge is 0.352 e. The summed E-state index contributed by atoms with van der Waals surface area (Å²) < 4.78 is 5.42. The average Bonchev–Trinajstić information content (AvgIpc) is 3.50. The molecule has 1 aliphatic rings. The molecule has 0 bridgehead atoms. The smallest absolute Gasteiger partial charge is 0.253 e. The molecule has 2 aromatic heterocycles. The van der Waals surface area contributed by atoms with Crippen molar-refractivity contribution in [2.75, 3.05) is 25.0 Å². The van der Waals surface area contributed by atoms with Gasteiger partial charge in [0.2, 0.25) is 17.6 Å². The Balaban J connectivity index is 1.36. The topological polar surface area (TPSA) is 100 Å². The highest BCUT2D eigenvalue weighted by Crippen LogP contribution is 2.24. The number of anilines is 1. The van der Waals surface area contributed by atoms with Crippen LogP contribution >= 0.6 is 11.3 Å². The zero-order valence-electron chi connectivity index (χ0n) is 18.9. The Morgan fingerprint density at radius 3 is 2.88 bits per heavy atom. The quantitative estimate of drug-likeness (QED) is 0.519. The van der Waals surface area contributed by atoms with Crippen LogP contribution in [0.4, 0.5) is 5.69 Å². The molecule has 0 radical (unpaired) electrons. The minimum absolute atomic E-state index is 0.0754. The maximum absolute atomic E-state index is 13.0. The molecule has 1 aliphatic heterocycles. The lowest BCUT2D eigenvalue weighted by Crippen LogP contribution is -2.40. The zero-order chi connectivity index (χ0) is 23.2. The van der Waals surface area contributed by atoms with Crippen LogP contribution in [0.1, 0.15) is 42.9 Å². The molecule has 1 saturated heterocycles. The first kappa shape index (κ1) is 23.1. The summed E-state index contributed by atoms with van der Waals surface area (Å²) in [5.41, 5.74) is 1.02. The number of nitrogens with one attached hydrogen (secondary N) is 2. The monoisotopic (exact) mass is 467 g/mol. The van der Waals surface area contributed by atoms with Gasteiger partial charge in [-0.2, -0.15) is 4.98 Å². The van der Waals surface area contributed by atoms with Gasteiger partial charge >= 0.3 is 0 Å². The lowest BCUT2D eigenvalue weighted by atomic mass is 9.96. The molecular weight excluding hydrogens is 438 g/mol. The molecule has 1 fully saturated rings. The molecule has 1 aromatic carbocycles. The minimum atomic E-state index is -0.178. The Bertz CT molecular complexity index is 1080. The van der Waals surface area contributed by atoms with Gasteiger partial charge in [-0.25, -0.2) is 0 Å². The van der Waals surface area contributed by atoms with Crippen LogP contribution in [0.2, 0.25) is 0 Å². The van der Waals surface area contributed by atoms with Crippen molar-refractivity contribution in [3.63, 3.8) is 0 Å². The van der Waals surface area contributed by atoms with Gasteiger partial charge in [-0.1, -0.05) is 37.2 Å². The Hall–Kier alpha value is -3.04. The van der Waals surface area contributed by atoms with Crippen LogP contribution in [0.5, 0.6) is 0 Å². The average molecular weight is 468 g/mol. The molecule has 1 unspecified atom stereocenters. The molecule has 33 heavy (non-hydrogen) atoms. The molecular formula is C24H29N5O3S. The van der Waals surface area contributed by atoms with Crippen molar-refractivity contribution in [2.45, 2.75) is 33.2 Å². The number of hydrogen-bond acceptors (Lipinski definition) is 7. The summed E-state index contributed by atoms with van der Waals surface area (Å²) in [5.74, 6) is 1.07. The summed E-state index contributed by atoms with van der Waals surface area (Å²) in [4.78, 5) is 33.3. The van der Waals surface area contributed by atoms with Crippen molar-refractivity contribution in [2.24, 2.45) is 11.8 Å². The predicted octanol–water partition coefficient (Wildman–Crippen LogP) is 4.03. The number of likely N-dealkylation sites (tertiary alicyclic amines) is 1. The fourth-order valence-electron chi connectivity index (χ4n) is 3.85. The zero-order valence-corrected chi connectivity index (χ0v) is 19.7. The molecule has 3 heterocycles. The second-order valence-corrected chi connectivity index (χ2v) is 9.65. The van der Waals surface area contributed by atoms with Gasteiger partial charge in [0.25, 0.3) is 5.91 Å². The number of aromatic nitrogens is 2. The molecule has 4 rings (SSSR count). The molecule has 2 amide bonds. The number of nitrogens with zero attached hydrogens (tertiary/aromatic N) is 3. The van der Waals surface area contributed by atoms with Crippen LogP contribution in [-0.2, 0) is 11.3 Å². The molecule has 0 spiro atoms. The summed E-state index contributed by atoms with van der Waals surface area (Å²) in [6, 6.07) is 11.0. The number of para-hydroxylation sites is 1. The van der Waals surface area contributed by atoms with E-state index in [1.807, 2.05) is 37.4 Å². The van der Waals surface area contributed by atoms with Crippen LogP contribution in [-0.4, -0.2) is 46.5 Å². The van der Waals surface area contributed by atoms with Crippen LogP contribution in [0, 0.1) is 11.8 Å². The fraction of sp³-hybridized carbons (Fsp3) is 0.417. The number of carbonyl (C=O) groups excluding carboxylic acids is 2. The van der Waals surface area contributed by atoms with E-state index in [1.165, 1.54) is 0 Å². The van der Waals surface area contributed by atoms with Crippen LogP contribution < -0.4 is 10.6 Å². The van der Waals surface area contributed by atoms with E-state index < -0.39 is 0 Å². The fourth-order valence-corrected chi connectivity index (χ4v) is 4.50. The predicted molar refractivity (Wildman–Crippen MR) is 128 cm³/mol. The first-order valence-electron chi connectivity index (χ1n) is 11.3. The number of rotatable bonds is 8. The van der Waals surface area contributed by atoms with Gasteiger partial charge in [0.1, 0.15) is 0 Å². The van der Waals surface area contributed by atoms with Crippen molar-refractivity contribution in [1.82, 2.24) is 20.4 Å². The third-order valence-corrected chi connectivity index (χ3v) is 6.41. The third-order valence-electron chi connectivity index (χ3n) is 5.55. The van der Waals surface area contributed by atoms with Gasteiger partial charge in [0.15, 0.2) is 0 Å². The first-order valence-corrected chi connectivity index (χ1v) is 12.1. The van der Waals surface area contributed by atoms with Crippen LogP contribution in [0.25, 0.3) is 10.7 Å². The van der Waals surface area contributed by atoms with Gasteiger partial charge in [0, 0.05) is 13.1 Å². The van der Waals surface area contributed by atoms with Gasteiger partial charge in [-0.05, 0) is 48.9 Å². The van der Waals surface area contributed by atoms with E-state index in [1.54, 1.807) is 29.5 Å². The van der Waals surface area contributed by atoms with E-state index in [-0.39, 0.29) is 17.7 Å². The number of piperidine rings is 1. The second-order valence-electron chi connectivity index (χ2n) is 8.70. The molecule has 9 heteroatoms. The van der Waals surface area contributed by atoms with E-state index in [4.69, 9.17) is 4.52 Å². The number of amides is 2. The van der Waals surface area contributed by atoms with E-state index in [0.29, 0.717) is 48.5 Å². The highest BCUT2D eigenvalue weighted by atomic mass is 32.1. The summed E-state index contributed by atoms with van der Waals surface area (Å²) >= 11 is 1.57. The van der Waals surface area contributed by atoms with Crippen molar-refractivity contribution < 1.29 is 14.1 Å². The summed E-state index contributed by atoms with van der Waals surface area (Å²) in [5, 5.41) is 11.9. The van der Waals surface area contributed by atoms with Crippen molar-refractivity contribution in [3.8, 4) is 10.7 Å². The number of hydrogen-bond donors (Lipinski definition) is 2. The highest BCUT2D eigenvalue weighted by molar-refractivity contribution is 7.13. The van der Waals surface area contributed by atoms with E-state index in [9.17, 15) is 9.59 Å². The van der Waals surface area contributed by atoms with Gasteiger partial charge < -0.3 is 15.2 Å². The summed E-state index contributed by atoms with van der Waals surface area (Å²) in [6.07, 6.45) is 1.70. The maximum Gasteiger partial charge on any atom is 0.253 e. The third kappa shape index (κ3) is 6.06. The number of thiophene rings is 1. The van der Waals surface area contributed by atoms with Crippen LogP contribution in [0.15, 0.2) is 46.3 Å². The van der Waals surface area contributed by atoms with Gasteiger partial charge in [-0.3, -0.25) is 14.5 Å². The molecule has 2 N–H and O–H groups in total. The summed E-state index contributed by atoms with van der Waals surface area (Å²) in [7, 11) is 0. The highest BCUT2D eigenvalue weighted by Gasteiger charge is 2.28. The molecule has 8 nitrogen and oxygen atoms in total. The lowest BCUT2D eigenvalue weighted by Gasteiger charge is -2.31. The van der Waals surface area contributed by atoms with Gasteiger partial charge in [0.05, 0.1) is 28.6 Å². The lowest BCUT2D eigenvalue weighted by molar-refractivity contribution is -0.121. The first-order chi connectivity index (χ1) is 16.0. The molecule has 1 atom stereocenters. The van der Waals surface area contributed by atoms with E-state index in [0.717, 1.165) is 24.3 Å². The van der Waals surface area contributed by atoms with E-state index >= 15 is 0 Å². The van der Waals surface area contributed by atoms with Crippen molar-refractivity contribution >= 4 is 28.8 Å². The second kappa shape index (κ2) is 10.7. The SMILES string of the molecule is CC(C)CNC(=O)c1ccccc1NC(=O)C1CCCN(Cc2nc(-c3cccs3)no2)C1. The number of carbonyl (C=O) groups is 2. The Labute approximate surface area is 197 Å². The molecule has 0 saturated carbocycles. The normalized spacial score (nSPS) is 16.6. The maximum atomic E-state index is 13.0. The molecule has 0 aliphatic carbocycles. The molecule has 3 aromatic rings. The summed E-state index contributed by atoms with van der Waals surface area (Å²) in [6.45, 7) is 6.65. The minimum Gasteiger partial charge on any atom is -0.352 e. The number of benzene rings is 1. The van der Waals surface area contributed by atoms with Crippen molar-refractivity contribution in [1.29, 1.82) is 0 Å². The Kier molecular flexibility index (Phi) is 7.51. The van der Waals surface area contributed by atoms with E-state index in [2.05, 4.69) is 25.7 Å².